The molecule has 0 spiro atoms. The Morgan fingerprint density at radius 2 is 0.873 bits per heavy atom. The number of pyridine rings is 1. The summed E-state index contributed by atoms with van der Waals surface area (Å²) in [4.78, 5) is 18.4. The molecule has 0 N–H and O–H groups in total. The van der Waals surface area contributed by atoms with Crippen LogP contribution in [0.4, 0.5) is 17.3 Å². The van der Waals surface area contributed by atoms with Crippen LogP contribution in [0.1, 0.15) is 0 Å². The van der Waals surface area contributed by atoms with Crippen LogP contribution in [0.15, 0.2) is 194 Å². The number of nitrogens with zero attached hydrogens (tertiary/aromatic N) is 4. The van der Waals surface area contributed by atoms with Crippen LogP contribution in [0.25, 0.3) is 88.5 Å². The second kappa shape index (κ2) is 12.6. The molecule has 0 saturated carbocycles. The van der Waals surface area contributed by atoms with E-state index in [1.165, 1.54) is 16.7 Å². The Labute approximate surface area is 318 Å². The third kappa shape index (κ3) is 5.19. The minimum atomic E-state index is 0.621. The Kier molecular flexibility index (Phi) is 7.14. The average molecular weight is 701 g/mol. The van der Waals surface area contributed by atoms with Gasteiger partial charge in [0, 0.05) is 27.3 Å². The SMILES string of the molecule is c1ccc(-c2cccc(-c3ccc4nc5c6c(cccc6c4c3)N(c3nc(-c4ccccc4)c4ccccc4n3)c3ccc(-c4ccccc4)cc3-5)c2)cc1. The number of hydrogen-bond acceptors (Lipinski definition) is 4. The largest absolute Gasteiger partial charge is 0.278 e. The normalized spacial score (nSPS) is 12.0. The lowest BCUT2D eigenvalue weighted by Crippen LogP contribution is -2.18. The number of benzene rings is 8. The van der Waals surface area contributed by atoms with E-state index in [2.05, 4.69) is 187 Å². The summed E-state index contributed by atoms with van der Waals surface area (Å²) in [7, 11) is 0. The zero-order valence-electron chi connectivity index (χ0n) is 29.8. The van der Waals surface area contributed by atoms with Crippen LogP contribution in [0, 0.1) is 0 Å². The maximum Gasteiger partial charge on any atom is 0.235 e. The molecule has 0 fully saturated rings. The van der Waals surface area contributed by atoms with Crippen molar-refractivity contribution in [2.45, 2.75) is 0 Å². The van der Waals surface area contributed by atoms with Gasteiger partial charge in [-0.2, -0.15) is 0 Å². The maximum atomic E-state index is 5.49. The second-order valence-electron chi connectivity index (χ2n) is 14.0. The van der Waals surface area contributed by atoms with E-state index in [0.717, 1.165) is 83.2 Å². The minimum absolute atomic E-state index is 0.621. The molecule has 3 heterocycles. The van der Waals surface area contributed by atoms with Crippen molar-refractivity contribution in [3.63, 3.8) is 0 Å². The van der Waals surface area contributed by atoms with Crippen LogP contribution >= 0.6 is 0 Å². The molecule has 0 atom stereocenters. The highest BCUT2D eigenvalue weighted by Gasteiger charge is 2.30. The fourth-order valence-corrected chi connectivity index (χ4v) is 8.17. The lowest BCUT2D eigenvalue weighted by Gasteiger charge is -2.32. The molecule has 4 heteroatoms. The lowest BCUT2D eigenvalue weighted by atomic mass is 9.90. The molecule has 0 unspecified atom stereocenters. The third-order valence-electron chi connectivity index (χ3n) is 10.8. The van der Waals surface area contributed by atoms with Crippen molar-refractivity contribution in [2.24, 2.45) is 0 Å². The second-order valence-corrected chi connectivity index (χ2v) is 14.0. The lowest BCUT2D eigenvalue weighted by molar-refractivity contribution is 1.11. The Balaban J connectivity index is 1.17. The molecule has 4 nitrogen and oxygen atoms in total. The van der Waals surface area contributed by atoms with Gasteiger partial charge in [0.2, 0.25) is 5.95 Å². The predicted octanol–water partition coefficient (Wildman–Crippen LogP) is 13.4. The van der Waals surface area contributed by atoms with Gasteiger partial charge in [0.15, 0.2) is 0 Å². The first kappa shape index (κ1) is 31.1. The summed E-state index contributed by atoms with van der Waals surface area (Å²) in [6.07, 6.45) is 0. The van der Waals surface area contributed by atoms with Gasteiger partial charge < -0.3 is 0 Å². The molecule has 55 heavy (non-hydrogen) atoms. The van der Waals surface area contributed by atoms with Crippen LogP contribution in [0.2, 0.25) is 0 Å². The molecule has 2 aromatic heterocycles. The fourth-order valence-electron chi connectivity index (χ4n) is 8.17. The highest BCUT2D eigenvalue weighted by molar-refractivity contribution is 6.20. The molecule has 0 saturated heterocycles. The van der Waals surface area contributed by atoms with Gasteiger partial charge in [-0.05, 0) is 81.2 Å². The molecule has 0 aliphatic carbocycles. The molecule has 1 aliphatic rings. The number of rotatable bonds is 5. The summed E-state index contributed by atoms with van der Waals surface area (Å²) < 4.78 is 0. The minimum Gasteiger partial charge on any atom is -0.278 e. The molecule has 0 amide bonds. The van der Waals surface area contributed by atoms with Crippen LogP contribution in [0.5, 0.6) is 0 Å². The Hall–Kier alpha value is -7.43. The molecule has 11 rings (SSSR count). The zero-order valence-corrected chi connectivity index (χ0v) is 29.8. The quantitative estimate of drug-likeness (QED) is 0.168. The number of aromatic nitrogens is 3. The van der Waals surface area contributed by atoms with Gasteiger partial charge in [0.1, 0.15) is 0 Å². The topological polar surface area (TPSA) is 41.9 Å². The Morgan fingerprint density at radius 3 is 1.64 bits per heavy atom. The van der Waals surface area contributed by atoms with Crippen molar-refractivity contribution in [3.8, 4) is 55.9 Å². The van der Waals surface area contributed by atoms with Gasteiger partial charge >= 0.3 is 0 Å². The number of para-hydroxylation sites is 1. The Morgan fingerprint density at radius 1 is 0.309 bits per heavy atom. The van der Waals surface area contributed by atoms with Crippen molar-refractivity contribution >= 4 is 49.9 Å². The summed E-state index contributed by atoms with van der Waals surface area (Å²) in [6.45, 7) is 0. The fraction of sp³-hybridized carbons (Fsp3) is 0. The molecule has 10 aromatic rings. The van der Waals surface area contributed by atoms with E-state index in [1.54, 1.807) is 0 Å². The van der Waals surface area contributed by atoms with Crippen LogP contribution in [-0.2, 0) is 0 Å². The van der Waals surface area contributed by atoms with E-state index in [1.807, 2.05) is 12.1 Å². The Bertz CT molecular complexity index is 3090. The standard InChI is InChI=1S/C51H32N4/c1-4-14-33(15-5-1)36-20-12-21-37(30-36)39-26-28-45-42(31-39)40-23-13-25-47-48(40)50(52-45)43-32-38(34-16-6-2-7-17-34)27-29-46(43)55(47)51-53-44-24-11-10-22-41(44)49(54-51)35-18-8-3-9-19-35/h1-32H. The van der Waals surface area contributed by atoms with Gasteiger partial charge in [0.25, 0.3) is 0 Å². The summed E-state index contributed by atoms with van der Waals surface area (Å²) in [5.41, 5.74) is 14.8. The van der Waals surface area contributed by atoms with E-state index in [4.69, 9.17) is 15.0 Å². The molecule has 0 bridgehead atoms. The maximum absolute atomic E-state index is 5.49. The molecule has 1 aliphatic heterocycles. The average Bonchev–Trinajstić information content (AvgIpc) is 3.27. The van der Waals surface area contributed by atoms with Crippen LogP contribution < -0.4 is 4.90 Å². The first-order chi connectivity index (χ1) is 27.3. The first-order valence-corrected chi connectivity index (χ1v) is 18.6. The van der Waals surface area contributed by atoms with E-state index in [-0.39, 0.29) is 0 Å². The summed E-state index contributed by atoms with van der Waals surface area (Å²) in [5, 5.41) is 4.35. The van der Waals surface area contributed by atoms with Crippen LogP contribution in [-0.4, -0.2) is 15.0 Å². The van der Waals surface area contributed by atoms with Crippen molar-refractivity contribution in [3.05, 3.63) is 194 Å². The molecule has 0 radical (unpaired) electrons. The van der Waals surface area contributed by atoms with Crippen molar-refractivity contribution in [2.75, 3.05) is 4.90 Å². The van der Waals surface area contributed by atoms with Gasteiger partial charge in [0.05, 0.1) is 33.8 Å². The van der Waals surface area contributed by atoms with Gasteiger partial charge in [-0.1, -0.05) is 152 Å². The van der Waals surface area contributed by atoms with Crippen molar-refractivity contribution in [1.82, 2.24) is 15.0 Å². The van der Waals surface area contributed by atoms with Crippen LogP contribution in [0.3, 0.4) is 0 Å². The van der Waals surface area contributed by atoms with E-state index >= 15 is 0 Å². The van der Waals surface area contributed by atoms with Gasteiger partial charge in [-0.25, -0.2) is 15.0 Å². The monoisotopic (exact) mass is 700 g/mol. The van der Waals surface area contributed by atoms with Gasteiger partial charge in [-0.15, -0.1) is 0 Å². The summed E-state index contributed by atoms with van der Waals surface area (Å²) in [6, 6.07) is 68.5. The summed E-state index contributed by atoms with van der Waals surface area (Å²) >= 11 is 0. The van der Waals surface area contributed by atoms with E-state index in [9.17, 15) is 0 Å². The van der Waals surface area contributed by atoms with E-state index in [0.29, 0.717) is 5.95 Å². The smallest absolute Gasteiger partial charge is 0.235 e. The highest BCUT2D eigenvalue weighted by Crippen LogP contribution is 2.52. The van der Waals surface area contributed by atoms with E-state index < -0.39 is 0 Å². The first-order valence-electron chi connectivity index (χ1n) is 18.6. The zero-order chi connectivity index (χ0) is 36.3. The van der Waals surface area contributed by atoms with Crippen molar-refractivity contribution < 1.29 is 0 Å². The number of fused-ring (bicyclic) bond motifs is 5. The molecular weight excluding hydrogens is 669 g/mol. The molecule has 8 aromatic carbocycles. The number of hydrogen-bond donors (Lipinski definition) is 0. The van der Waals surface area contributed by atoms with Gasteiger partial charge in [-0.3, -0.25) is 4.90 Å². The van der Waals surface area contributed by atoms with Crippen molar-refractivity contribution in [1.29, 1.82) is 0 Å². The highest BCUT2D eigenvalue weighted by atomic mass is 15.3. The number of anilines is 3. The molecule has 256 valence electrons. The summed E-state index contributed by atoms with van der Waals surface area (Å²) in [5.74, 6) is 0.621. The third-order valence-corrected chi connectivity index (χ3v) is 10.8. The predicted molar refractivity (Wildman–Crippen MR) is 228 cm³/mol. The molecular formula is C51H32N4.